The van der Waals surface area contributed by atoms with Crippen LogP contribution in [0, 0.1) is 0 Å². The van der Waals surface area contributed by atoms with Gasteiger partial charge in [-0.25, -0.2) is 0 Å². The maximum absolute atomic E-state index is 11.9. The number of piperidine rings is 1. The predicted molar refractivity (Wildman–Crippen MR) is 72.4 cm³/mol. The SMILES string of the molecule is CN(C)CCC(=O)N1CCC(OCCCN)CC1. The van der Waals surface area contributed by atoms with Crippen LogP contribution in [0.15, 0.2) is 0 Å². The van der Waals surface area contributed by atoms with Crippen molar-refractivity contribution >= 4 is 5.91 Å². The Kier molecular flexibility index (Phi) is 7.23. The first-order chi connectivity index (χ1) is 8.63. The fourth-order valence-corrected chi connectivity index (χ4v) is 2.08. The van der Waals surface area contributed by atoms with Crippen LogP contribution in [0.4, 0.5) is 0 Å². The van der Waals surface area contributed by atoms with Crippen molar-refractivity contribution < 1.29 is 9.53 Å². The molecule has 106 valence electrons. The van der Waals surface area contributed by atoms with Crippen LogP contribution >= 0.6 is 0 Å². The standard InChI is InChI=1S/C13H27N3O2/c1-15(2)8-6-13(17)16-9-4-12(5-10-16)18-11-3-7-14/h12H,3-11,14H2,1-2H3. The molecule has 0 aromatic rings. The monoisotopic (exact) mass is 257 g/mol. The number of hydrogen-bond donors (Lipinski definition) is 1. The molecule has 18 heavy (non-hydrogen) atoms. The lowest BCUT2D eigenvalue weighted by Gasteiger charge is -2.32. The van der Waals surface area contributed by atoms with E-state index in [0.717, 1.165) is 45.5 Å². The molecule has 0 aromatic carbocycles. The molecule has 0 unspecified atom stereocenters. The molecule has 1 rings (SSSR count). The molecule has 0 aromatic heterocycles. The van der Waals surface area contributed by atoms with Crippen LogP contribution in [0.25, 0.3) is 0 Å². The van der Waals surface area contributed by atoms with Gasteiger partial charge in [0, 0.05) is 32.7 Å². The zero-order valence-electron chi connectivity index (χ0n) is 11.7. The maximum atomic E-state index is 11.9. The Labute approximate surface area is 110 Å². The van der Waals surface area contributed by atoms with Crippen LogP contribution in [0.1, 0.15) is 25.7 Å². The molecule has 0 bridgehead atoms. The van der Waals surface area contributed by atoms with E-state index in [0.29, 0.717) is 19.1 Å². The summed E-state index contributed by atoms with van der Waals surface area (Å²) in [4.78, 5) is 15.9. The molecular weight excluding hydrogens is 230 g/mol. The number of ether oxygens (including phenoxy) is 1. The zero-order chi connectivity index (χ0) is 13.4. The molecule has 0 saturated carbocycles. The van der Waals surface area contributed by atoms with Crippen LogP contribution in [-0.4, -0.2) is 68.7 Å². The largest absolute Gasteiger partial charge is 0.378 e. The average molecular weight is 257 g/mol. The lowest BCUT2D eigenvalue weighted by atomic mass is 10.1. The number of carbonyl (C=O) groups excluding carboxylic acids is 1. The van der Waals surface area contributed by atoms with Gasteiger partial charge in [-0.1, -0.05) is 0 Å². The summed E-state index contributed by atoms with van der Waals surface area (Å²) in [5, 5.41) is 0. The molecular formula is C13H27N3O2. The van der Waals surface area contributed by atoms with E-state index in [1.165, 1.54) is 0 Å². The highest BCUT2D eigenvalue weighted by molar-refractivity contribution is 5.76. The number of likely N-dealkylation sites (tertiary alicyclic amines) is 1. The summed E-state index contributed by atoms with van der Waals surface area (Å²) >= 11 is 0. The van der Waals surface area contributed by atoms with E-state index in [-0.39, 0.29) is 5.91 Å². The van der Waals surface area contributed by atoms with Crippen molar-refractivity contribution in [1.29, 1.82) is 0 Å². The first-order valence-corrected chi connectivity index (χ1v) is 6.87. The third kappa shape index (κ3) is 5.80. The van der Waals surface area contributed by atoms with Gasteiger partial charge in [-0.15, -0.1) is 0 Å². The molecule has 2 N–H and O–H groups in total. The van der Waals surface area contributed by atoms with Gasteiger partial charge in [-0.05, 0) is 39.9 Å². The fourth-order valence-electron chi connectivity index (χ4n) is 2.08. The van der Waals surface area contributed by atoms with Crippen LogP contribution < -0.4 is 5.73 Å². The summed E-state index contributed by atoms with van der Waals surface area (Å²) in [6.07, 6.45) is 3.76. The van der Waals surface area contributed by atoms with Gasteiger partial charge in [0.15, 0.2) is 0 Å². The van der Waals surface area contributed by atoms with Gasteiger partial charge >= 0.3 is 0 Å². The summed E-state index contributed by atoms with van der Waals surface area (Å²) in [5.41, 5.74) is 5.43. The first-order valence-electron chi connectivity index (χ1n) is 6.87. The van der Waals surface area contributed by atoms with Crippen LogP contribution in [0.3, 0.4) is 0 Å². The van der Waals surface area contributed by atoms with Gasteiger partial charge in [0.05, 0.1) is 6.10 Å². The van der Waals surface area contributed by atoms with E-state index >= 15 is 0 Å². The second-order valence-electron chi connectivity index (χ2n) is 5.15. The quantitative estimate of drug-likeness (QED) is 0.666. The minimum atomic E-state index is 0.268. The van der Waals surface area contributed by atoms with Crippen molar-refractivity contribution in [2.75, 3.05) is 46.9 Å². The Morgan fingerprint density at radius 3 is 2.61 bits per heavy atom. The van der Waals surface area contributed by atoms with Gasteiger partial charge in [0.25, 0.3) is 0 Å². The highest BCUT2D eigenvalue weighted by atomic mass is 16.5. The minimum Gasteiger partial charge on any atom is -0.378 e. The molecule has 1 aliphatic heterocycles. The Bertz CT molecular complexity index is 238. The molecule has 0 radical (unpaired) electrons. The molecule has 1 amide bonds. The van der Waals surface area contributed by atoms with E-state index in [2.05, 4.69) is 0 Å². The molecule has 0 atom stereocenters. The predicted octanol–water partition coefficient (Wildman–Crippen LogP) is 0.295. The number of rotatable bonds is 7. The van der Waals surface area contributed by atoms with Gasteiger partial charge < -0.3 is 20.3 Å². The summed E-state index contributed by atoms with van der Waals surface area (Å²) in [7, 11) is 3.98. The third-order valence-electron chi connectivity index (χ3n) is 3.27. The normalized spacial score (nSPS) is 17.4. The molecule has 5 heteroatoms. The van der Waals surface area contributed by atoms with Crippen LogP contribution in [0.2, 0.25) is 0 Å². The number of carbonyl (C=O) groups is 1. The topological polar surface area (TPSA) is 58.8 Å². The lowest BCUT2D eigenvalue weighted by Crippen LogP contribution is -2.41. The highest BCUT2D eigenvalue weighted by Crippen LogP contribution is 2.14. The van der Waals surface area contributed by atoms with Gasteiger partial charge in [0.1, 0.15) is 0 Å². The second-order valence-corrected chi connectivity index (χ2v) is 5.15. The summed E-state index contributed by atoms with van der Waals surface area (Å²) < 4.78 is 5.72. The smallest absolute Gasteiger partial charge is 0.223 e. The third-order valence-corrected chi connectivity index (χ3v) is 3.27. The Balaban J connectivity index is 2.16. The number of nitrogens with two attached hydrogens (primary N) is 1. The van der Waals surface area contributed by atoms with Crippen molar-refractivity contribution in [3.05, 3.63) is 0 Å². The number of nitrogens with zero attached hydrogens (tertiary/aromatic N) is 2. The number of hydrogen-bond acceptors (Lipinski definition) is 4. The van der Waals surface area contributed by atoms with E-state index in [1.807, 2.05) is 23.9 Å². The second kappa shape index (κ2) is 8.45. The Hall–Kier alpha value is -0.650. The lowest BCUT2D eigenvalue weighted by molar-refractivity contribution is -0.134. The van der Waals surface area contributed by atoms with Crippen molar-refractivity contribution in [2.45, 2.75) is 31.8 Å². The van der Waals surface area contributed by atoms with E-state index in [4.69, 9.17) is 10.5 Å². The summed E-state index contributed by atoms with van der Waals surface area (Å²) in [6.45, 7) is 3.92. The highest BCUT2D eigenvalue weighted by Gasteiger charge is 2.22. The molecule has 0 aliphatic carbocycles. The van der Waals surface area contributed by atoms with Gasteiger partial charge in [0.2, 0.25) is 5.91 Å². The van der Waals surface area contributed by atoms with Gasteiger partial charge in [-0.3, -0.25) is 4.79 Å². The summed E-state index contributed by atoms with van der Waals surface area (Å²) in [6, 6.07) is 0. The van der Waals surface area contributed by atoms with Crippen molar-refractivity contribution in [1.82, 2.24) is 9.80 Å². The fraction of sp³-hybridized carbons (Fsp3) is 0.923. The molecule has 1 aliphatic rings. The van der Waals surface area contributed by atoms with Gasteiger partial charge in [-0.2, -0.15) is 0 Å². The molecule has 1 saturated heterocycles. The first kappa shape index (κ1) is 15.4. The average Bonchev–Trinajstić information content (AvgIpc) is 2.37. The Morgan fingerprint density at radius 2 is 2.06 bits per heavy atom. The van der Waals surface area contributed by atoms with Crippen molar-refractivity contribution in [3.63, 3.8) is 0 Å². The van der Waals surface area contributed by atoms with E-state index < -0.39 is 0 Å². The zero-order valence-corrected chi connectivity index (χ0v) is 11.7. The van der Waals surface area contributed by atoms with E-state index in [9.17, 15) is 4.79 Å². The molecule has 5 nitrogen and oxygen atoms in total. The minimum absolute atomic E-state index is 0.268. The maximum Gasteiger partial charge on any atom is 0.223 e. The van der Waals surface area contributed by atoms with Crippen LogP contribution in [-0.2, 0) is 9.53 Å². The molecule has 0 spiro atoms. The Morgan fingerprint density at radius 1 is 1.39 bits per heavy atom. The van der Waals surface area contributed by atoms with Crippen molar-refractivity contribution in [3.8, 4) is 0 Å². The number of amides is 1. The van der Waals surface area contributed by atoms with Crippen molar-refractivity contribution in [2.24, 2.45) is 5.73 Å². The van der Waals surface area contributed by atoms with Crippen LogP contribution in [0.5, 0.6) is 0 Å². The molecule has 1 heterocycles. The van der Waals surface area contributed by atoms with E-state index in [1.54, 1.807) is 0 Å². The summed E-state index contributed by atoms with van der Waals surface area (Å²) in [5.74, 6) is 0.268. The molecule has 1 fully saturated rings.